The van der Waals surface area contributed by atoms with Crippen LogP contribution < -0.4 is 10.5 Å². The summed E-state index contributed by atoms with van der Waals surface area (Å²) in [5.41, 5.74) is 3.18. The molecule has 6 nitrogen and oxygen atoms in total. The summed E-state index contributed by atoms with van der Waals surface area (Å²) in [6.07, 6.45) is 8.89. The van der Waals surface area contributed by atoms with E-state index in [1.54, 1.807) is 16.9 Å². The Bertz CT molecular complexity index is 768. The summed E-state index contributed by atoms with van der Waals surface area (Å²) in [5, 5.41) is 4.60. The van der Waals surface area contributed by atoms with Crippen molar-refractivity contribution in [1.82, 2.24) is 19.7 Å². The van der Waals surface area contributed by atoms with Crippen molar-refractivity contribution in [3.05, 3.63) is 45.8 Å². The van der Waals surface area contributed by atoms with Gasteiger partial charge < -0.3 is 4.90 Å². The van der Waals surface area contributed by atoms with Crippen LogP contribution in [0, 0.1) is 6.92 Å². The molecule has 0 aromatic carbocycles. The summed E-state index contributed by atoms with van der Waals surface area (Å²) in [6.45, 7) is 3.52. The first kappa shape index (κ1) is 14.4. The average Bonchev–Trinajstić information content (AvgIpc) is 3.17. The minimum absolute atomic E-state index is 0.0208. The van der Waals surface area contributed by atoms with Crippen LogP contribution in [0.2, 0.25) is 0 Å². The van der Waals surface area contributed by atoms with Crippen LogP contribution >= 0.6 is 0 Å². The van der Waals surface area contributed by atoms with E-state index in [0.717, 1.165) is 61.4 Å². The molecule has 1 unspecified atom stereocenters. The molecule has 1 atom stereocenters. The van der Waals surface area contributed by atoms with Gasteiger partial charge in [0, 0.05) is 12.6 Å². The van der Waals surface area contributed by atoms with Gasteiger partial charge in [-0.2, -0.15) is 5.10 Å². The van der Waals surface area contributed by atoms with Crippen LogP contribution in [0.3, 0.4) is 0 Å². The Labute approximate surface area is 135 Å². The van der Waals surface area contributed by atoms with E-state index in [2.05, 4.69) is 20.0 Å². The molecule has 23 heavy (non-hydrogen) atoms. The van der Waals surface area contributed by atoms with E-state index in [1.807, 2.05) is 13.1 Å². The molecule has 1 fully saturated rings. The van der Waals surface area contributed by atoms with Crippen LogP contribution in [0.1, 0.15) is 36.2 Å². The standard InChI is InChI=1S/C17H21N5O/c1-12-9-19-16(10-18-12)21-7-3-5-14(21)11-22-17(23)8-13-4-2-6-15(13)20-22/h8-10,14H,2-7,11H2,1H3. The maximum atomic E-state index is 12.3. The van der Waals surface area contributed by atoms with Crippen LogP contribution in [0.15, 0.2) is 23.3 Å². The number of hydrogen-bond donors (Lipinski definition) is 0. The Balaban J connectivity index is 1.58. The SMILES string of the molecule is Cc1cnc(N2CCCC2Cn2nc3c(cc2=O)CCC3)cn1. The minimum atomic E-state index is 0.0208. The first-order chi connectivity index (χ1) is 11.2. The molecule has 3 heterocycles. The van der Waals surface area contributed by atoms with Gasteiger partial charge in [-0.05, 0) is 44.6 Å². The Morgan fingerprint density at radius 3 is 2.96 bits per heavy atom. The Kier molecular flexibility index (Phi) is 3.59. The molecule has 1 aliphatic heterocycles. The zero-order valence-electron chi connectivity index (χ0n) is 13.4. The van der Waals surface area contributed by atoms with Gasteiger partial charge >= 0.3 is 0 Å². The highest BCUT2D eigenvalue weighted by Crippen LogP contribution is 2.24. The fourth-order valence-electron chi connectivity index (χ4n) is 3.63. The van der Waals surface area contributed by atoms with Crippen molar-refractivity contribution in [2.45, 2.75) is 51.6 Å². The molecule has 2 aromatic rings. The number of nitrogens with zero attached hydrogens (tertiary/aromatic N) is 5. The molecule has 1 aliphatic carbocycles. The number of fused-ring (bicyclic) bond motifs is 1. The van der Waals surface area contributed by atoms with Crippen LogP contribution in [-0.2, 0) is 19.4 Å². The molecule has 6 heteroatoms. The van der Waals surface area contributed by atoms with Gasteiger partial charge in [-0.15, -0.1) is 0 Å². The van der Waals surface area contributed by atoms with Gasteiger partial charge in [-0.25, -0.2) is 9.67 Å². The molecule has 0 N–H and O–H groups in total. The third kappa shape index (κ3) is 2.73. The maximum Gasteiger partial charge on any atom is 0.267 e. The van der Waals surface area contributed by atoms with Gasteiger partial charge in [0.1, 0.15) is 5.82 Å². The lowest BCUT2D eigenvalue weighted by Gasteiger charge is -2.25. The van der Waals surface area contributed by atoms with Crippen LogP contribution in [0.4, 0.5) is 5.82 Å². The molecule has 0 bridgehead atoms. The van der Waals surface area contributed by atoms with Gasteiger partial charge in [0.15, 0.2) is 0 Å². The molecular weight excluding hydrogens is 290 g/mol. The van der Waals surface area contributed by atoms with Crippen LogP contribution in [0.25, 0.3) is 0 Å². The molecule has 0 amide bonds. The third-order valence-corrected chi connectivity index (χ3v) is 4.85. The zero-order chi connectivity index (χ0) is 15.8. The Morgan fingerprint density at radius 2 is 2.13 bits per heavy atom. The minimum Gasteiger partial charge on any atom is -0.350 e. The van der Waals surface area contributed by atoms with Crippen molar-refractivity contribution in [1.29, 1.82) is 0 Å². The van der Waals surface area contributed by atoms with E-state index >= 15 is 0 Å². The highest BCUT2D eigenvalue weighted by molar-refractivity contribution is 5.38. The predicted octanol–water partition coefficient (Wildman–Crippen LogP) is 1.50. The molecule has 120 valence electrons. The maximum absolute atomic E-state index is 12.3. The van der Waals surface area contributed by atoms with Crippen LogP contribution in [0.5, 0.6) is 0 Å². The van der Waals surface area contributed by atoms with Gasteiger partial charge in [-0.3, -0.25) is 9.78 Å². The smallest absolute Gasteiger partial charge is 0.267 e. The molecule has 2 aliphatic rings. The van der Waals surface area contributed by atoms with Gasteiger partial charge in [0.05, 0.1) is 36.4 Å². The number of anilines is 1. The highest BCUT2D eigenvalue weighted by atomic mass is 16.1. The van der Waals surface area contributed by atoms with Crippen molar-refractivity contribution in [3.8, 4) is 0 Å². The van der Waals surface area contributed by atoms with Crippen molar-refractivity contribution in [2.75, 3.05) is 11.4 Å². The van der Waals surface area contributed by atoms with E-state index in [9.17, 15) is 4.79 Å². The van der Waals surface area contributed by atoms with Crippen LogP contribution in [-0.4, -0.2) is 32.3 Å². The topological polar surface area (TPSA) is 63.9 Å². The van der Waals surface area contributed by atoms with E-state index in [4.69, 9.17) is 0 Å². The number of aryl methyl sites for hydroxylation is 3. The van der Waals surface area contributed by atoms with Gasteiger partial charge in [0.25, 0.3) is 5.56 Å². The lowest BCUT2D eigenvalue weighted by Crippen LogP contribution is -2.37. The second-order valence-corrected chi connectivity index (χ2v) is 6.50. The quantitative estimate of drug-likeness (QED) is 0.859. The molecule has 0 radical (unpaired) electrons. The van der Waals surface area contributed by atoms with Gasteiger partial charge in [0.2, 0.25) is 0 Å². The average molecular weight is 311 g/mol. The number of rotatable bonds is 3. The molecule has 0 saturated carbocycles. The molecule has 4 rings (SSSR count). The summed E-state index contributed by atoms with van der Waals surface area (Å²) < 4.78 is 1.65. The Morgan fingerprint density at radius 1 is 1.22 bits per heavy atom. The second-order valence-electron chi connectivity index (χ2n) is 6.50. The second kappa shape index (κ2) is 5.76. The fourth-order valence-corrected chi connectivity index (χ4v) is 3.63. The first-order valence-electron chi connectivity index (χ1n) is 8.36. The predicted molar refractivity (Wildman–Crippen MR) is 87.7 cm³/mol. The largest absolute Gasteiger partial charge is 0.350 e. The van der Waals surface area contributed by atoms with Crippen molar-refractivity contribution >= 4 is 5.82 Å². The van der Waals surface area contributed by atoms with Crippen molar-refractivity contribution in [3.63, 3.8) is 0 Å². The summed E-state index contributed by atoms with van der Waals surface area (Å²) in [6, 6.07) is 2.04. The zero-order valence-corrected chi connectivity index (χ0v) is 13.4. The monoisotopic (exact) mass is 311 g/mol. The summed E-state index contributed by atoms with van der Waals surface area (Å²) in [5.74, 6) is 0.896. The van der Waals surface area contributed by atoms with Crippen molar-refractivity contribution in [2.24, 2.45) is 0 Å². The first-order valence-corrected chi connectivity index (χ1v) is 8.36. The lowest BCUT2D eigenvalue weighted by molar-refractivity contribution is 0.481. The Hall–Kier alpha value is -2.24. The van der Waals surface area contributed by atoms with Crippen molar-refractivity contribution < 1.29 is 0 Å². The molecule has 2 aromatic heterocycles. The lowest BCUT2D eigenvalue weighted by atomic mass is 10.2. The van der Waals surface area contributed by atoms with E-state index < -0.39 is 0 Å². The third-order valence-electron chi connectivity index (χ3n) is 4.85. The normalized spacial score (nSPS) is 20.0. The highest BCUT2D eigenvalue weighted by Gasteiger charge is 2.27. The van der Waals surface area contributed by atoms with Gasteiger partial charge in [-0.1, -0.05) is 0 Å². The van der Waals surface area contributed by atoms with E-state index in [0.29, 0.717) is 6.54 Å². The molecule has 0 spiro atoms. The molecular formula is C17H21N5O. The fraction of sp³-hybridized carbons (Fsp3) is 0.529. The molecule has 1 saturated heterocycles. The summed E-state index contributed by atoms with van der Waals surface area (Å²) in [4.78, 5) is 23.4. The van der Waals surface area contributed by atoms with E-state index in [-0.39, 0.29) is 11.6 Å². The van der Waals surface area contributed by atoms with E-state index in [1.165, 1.54) is 0 Å². The summed E-state index contributed by atoms with van der Waals surface area (Å²) in [7, 11) is 0. The number of hydrogen-bond acceptors (Lipinski definition) is 5. The number of aromatic nitrogens is 4. The summed E-state index contributed by atoms with van der Waals surface area (Å²) >= 11 is 0.